The summed E-state index contributed by atoms with van der Waals surface area (Å²) in [6.07, 6.45) is 0.960. The smallest absolute Gasteiger partial charge is 0.120 e. The second-order valence-electron chi connectivity index (χ2n) is 5.09. The maximum absolute atomic E-state index is 6.44. The monoisotopic (exact) mass is 323 g/mol. The van der Waals surface area contributed by atoms with Gasteiger partial charge in [0.25, 0.3) is 0 Å². The van der Waals surface area contributed by atoms with Gasteiger partial charge in [0.15, 0.2) is 0 Å². The summed E-state index contributed by atoms with van der Waals surface area (Å²) >= 11 is 6.44. The molecule has 2 nitrogen and oxygen atoms in total. The molecular formula is C17H19Cl2NO. The van der Waals surface area contributed by atoms with Crippen LogP contribution in [-0.4, -0.2) is 20.2 Å². The molecule has 0 amide bonds. The van der Waals surface area contributed by atoms with Gasteiger partial charge in [0, 0.05) is 17.5 Å². The van der Waals surface area contributed by atoms with Crippen LogP contribution in [0.2, 0.25) is 5.02 Å². The normalized spacial score (nSPS) is 17.3. The zero-order valence-corrected chi connectivity index (χ0v) is 13.5. The molecule has 0 saturated heterocycles. The van der Waals surface area contributed by atoms with Crippen LogP contribution >= 0.6 is 24.0 Å². The van der Waals surface area contributed by atoms with Gasteiger partial charge in [-0.15, -0.1) is 12.4 Å². The van der Waals surface area contributed by atoms with Gasteiger partial charge in [-0.1, -0.05) is 41.9 Å². The van der Waals surface area contributed by atoms with Crippen LogP contribution in [0, 0.1) is 0 Å². The minimum absolute atomic E-state index is 0. The van der Waals surface area contributed by atoms with Crippen LogP contribution in [0.25, 0.3) is 0 Å². The molecule has 2 aromatic rings. The molecule has 112 valence electrons. The van der Waals surface area contributed by atoms with Gasteiger partial charge in [-0.25, -0.2) is 0 Å². The molecule has 0 bridgehead atoms. The van der Waals surface area contributed by atoms with Gasteiger partial charge < -0.3 is 10.1 Å². The summed E-state index contributed by atoms with van der Waals surface area (Å²) in [6, 6.07) is 14.6. The summed E-state index contributed by atoms with van der Waals surface area (Å²) in [7, 11) is 1.69. The lowest BCUT2D eigenvalue weighted by Crippen LogP contribution is -2.20. The van der Waals surface area contributed by atoms with Crippen molar-refractivity contribution in [2.45, 2.75) is 12.3 Å². The Kier molecular flexibility index (Phi) is 5.51. The van der Waals surface area contributed by atoms with Crippen molar-refractivity contribution in [2.75, 3.05) is 20.2 Å². The van der Waals surface area contributed by atoms with E-state index in [0.717, 1.165) is 30.3 Å². The van der Waals surface area contributed by atoms with Crippen LogP contribution < -0.4 is 10.1 Å². The number of rotatable bonds is 2. The Bertz CT molecular complexity index is 601. The molecule has 1 N–H and O–H groups in total. The van der Waals surface area contributed by atoms with Crippen molar-refractivity contribution >= 4 is 24.0 Å². The SMILES string of the molecule is COc1cc(Cl)c2c(c1)C(c1ccccc1)CNCC2.Cl. The minimum atomic E-state index is 0. The molecule has 0 aromatic heterocycles. The van der Waals surface area contributed by atoms with Crippen LogP contribution in [0.5, 0.6) is 5.75 Å². The van der Waals surface area contributed by atoms with E-state index < -0.39 is 0 Å². The zero-order chi connectivity index (χ0) is 13.9. The number of benzene rings is 2. The van der Waals surface area contributed by atoms with Gasteiger partial charge in [-0.05, 0) is 41.8 Å². The molecule has 3 rings (SSSR count). The van der Waals surface area contributed by atoms with E-state index in [1.54, 1.807) is 7.11 Å². The number of halogens is 2. The molecule has 0 saturated carbocycles. The summed E-state index contributed by atoms with van der Waals surface area (Å²) in [5.41, 5.74) is 3.84. The van der Waals surface area contributed by atoms with Crippen molar-refractivity contribution in [1.29, 1.82) is 0 Å². The summed E-state index contributed by atoms with van der Waals surface area (Å²) in [5.74, 6) is 1.15. The van der Waals surface area contributed by atoms with Crippen LogP contribution in [0.15, 0.2) is 42.5 Å². The Morgan fingerprint density at radius 1 is 1.19 bits per heavy atom. The molecule has 0 aliphatic carbocycles. The Morgan fingerprint density at radius 2 is 1.95 bits per heavy atom. The molecule has 1 aliphatic rings. The standard InChI is InChI=1S/C17H18ClNO.ClH/c1-20-13-9-15-14(17(18)10-13)7-8-19-11-16(15)12-5-3-2-4-6-12;/h2-6,9-10,16,19H,7-8,11H2,1H3;1H. The molecule has 4 heteroatoms. The average Bonchev–Trinajstić information content (AvgIpc) is 2.70. The van der Waals surface area contributed by atoms with Crippen LogP contribution in [0.1, 0.15) is 22.6 Å². The molecular weight excluding hydrogens is 305 g/mol. The highest BCUT2D eigenvalue weighted by atomic mass is 35.5. The third-order valence-electron chi connectivity index (χ3n) is 3.92. The zero-order valence-electron chi connectivity index (χ0n) is 11.9. The summed E-state index contributed by atoms with van der Waals surface area (Å²) in [5, 5.41) is 4.32. The van der Waals surface area contributed by atoms with E-state index in [9.17, 15) is 0 Å². The Morgan fingerprint density at radius 3 is 2.67 bits per heavy atom. The average molecular weight is 324 g/mol. The van der Waals surface area contributed by atoms with E-state index in [-0.39, 0.29) is 12.4 Å². The lowest BCUT2D eigenvalue weighted by atomic mass is 9.88. The van der Waals surface area contributed by atoms with Crippen molar-refractivity contribution in [2.24, 2.45) is 0 Å². The van der Waals surface area contributed by atoms with Gasteiger partial charge in [-0.3, -0.25) is 0 Å². The van der Waals surface area contributed by atoms with Gasteiger partial charge in [0.1, 0.15) is 5.75 Å². The first kappa shape index (κ1) is 16.2. The predicted molar refractivity (Wildman–Crippen MR) is 90.1 cm³/mol. The van der Waals surface area contributed by atoms with E-state index in [1.165, 1.54) is 16.7 Å². The number of hydrogen-bond acceptors (Lipinski definition) is 2. The van der Waals surface area contributed by atoms with Crippen molar-refractivity contribution in [3.8, 4) is 5.75 Å². The number of ether oxygens (including phenoxy) is 1. The fourth-order valence-corrected chi connectivity index (χ4v) is 3.19. The summed E-state index contributed by atoms with van der Waals surface area (Å²) in [6.45, 7) is 1.89. The molecule has 1 unspecified atom stereocenters. The maximum atomic E-state index is 6.44. The van der Waals surface area contributed by atoms with Gasteiger partial charge in [-0.2, -0.15) is 0 Å². The van der Waals surface area contributed by atoms with E-state index in [0.29, 0.717) is 5.92 Å². The van der Waals surface area contributed by atoms with E-state index in [1.807, 2.05) is 12.1 Å². The Labute approximate surface area is 136 Å². The molecule has 0 fully saturated rings. The molecule has 1 atom stereocenters. The van der Waals surface area contributed by atoms with Gasteiger partial charge in [0.05, 0.1) is 7.11 Å². The third-order valence-corrected chi connectivity index (χ3v) is 4.25. The second-order valence-corrected chi connectivity index (χ2v) is 5.50. The largest absolute Gasteiger partial charge is 0.497 e. The van der Waals surface area contributed by atoms with E-state index >= 15 is 0 Å². The van der Waals surface area contributed by atoms with Crippen LogP contribution in [0.3, 0.4) is 0 Å². The van der Waals surface area contributed by atoms with Gasteiger partial charge in [0.2, 0.25) is 0 Å². The predicted octanol–water partition coefficient (Wildman–Crippen LogP) is 4.05. The highest BCUT2D eigenvalue weighted by molar-refractivity contribution is 6.31. The van der Waals surface area contributed by atoms with Crippen molar-refractivity contribution in [3.63, 3.8) is 0 Å². The molecule has 2 aromatic carbocycles. The molecule has 1 heterocycles. The fourth-order valence-electron chi connectivity index (χ4n) is 2.88. The molecule has 0 radical (unpaired) electrons. The van der Waals surface area contributed by atoms with Crippen LogP contribution in [-0.2, 0) is 6.42 Å². The maximum Gasteiger partial charge on any atom is 0.120 e. The highest BCUT2D eigenvalue weighted by Crippen LogP contribution is 2.35. The number of nitrogens with one attached hydrogen (secondary N) is 1. The second kappa shape index (κ2) is 7.17. The Balaban J connectivity index is 0.00000161. The molecule has 1 aliphatic heterocycles. The lowest BCUT2D eigenvalue weighted by Gasteiger charge is -2.20. The first-order chi connectivity index (χ1) is 9.79. The van der Waals surface area contributed by atoms with Gasteiger partial charge >= 0.3 is 0 Å². The minimum Gasteiger partial charge on any atom is -0.497 e. The van der Waals surface area contributed by atoms with E-state index in [2.05, 4.69) is 35.6 Å². The highest BCUT2D eigenvalue weighted by Gasteiger charge is 2.22. The topological polar surface area (TPSA) is 21.3 Å². The first-order valence-corrected chi connectivity index (χ1v) is 7.29. The van der Waals surface area contributed by atoms with Crippen molar-refractivity contribution in [1.82, 2.24) is 5.32 Å². The summed E-state index contributed by atoms with van der Waals surface area (Å²) in [4.78, 5) is 0. The lowest BCUT2D eigenvalue weighted by molar-refractivity contribution is 0.414. The third kappa shape index (κ3) is 3.34. The number of methoxy groups -OCH3 is 1. The van der Waals surface area contributed by atoms with Crippen LogP contribution in [0.4, 0.5) is 0 Å². The van der Waals surface area contributed by atoms with Crippen molar-refractivity contribution < 1.29 is 4.74 Å². The fraction of sp³-hybridized carbons (Fsp3) is 0.294. The van der Waals surface area contributed by atoms with E-state index in [4.69, 9.17) is 16.3 Å². The summed E-state index contributed by atoms with van der Waals surface area (Å²) < 4.78 is 5.38. The molecule has 0 spiro atoms. The molecule has 21 heavy (non-hydrogen) atoms. The number of hydrogen-bond donors (Lipinski definition) is 1. The first-order valence-electron chi connectivity index (χ1n) is 6.91. The van der Waals surface area contributed by atoms with Crippen molar-refractivity contribution in [3.05, 3.63) is 64.2 Å². The number of fused-ring (bicyclic) bond motifs is 1. The Hall–Kier alpha value is -1.22. The quantitative estimate of drug-likeness (QED) is 0.900.